The molecule has 1 N–H and O–H groups in total. The molecule has 2 rings (SSSR count). The summed E-state index contributed by atoms with van der Waals surface area (Å²) in [6, 6.07) is 7.73. The van der Waals surface area contributed by atoms with Crippen LogP contribution in [0.5, 0.6) is 0 Å². The first-order valence-electron chi connectivity index (χ1n) is 6.98. The number of hydrogen-bond donors (Lipinski definition) is 1. The van der Waals surface area contributed by atoms with Gasteiger partial charge < -0.3 is 0 Å². The van der Waals surface area contributed by atoms with E-state index in [2.05, 4.69) is 35.6 Å². The highest BCUT2D eigenvalue weighted by Crippen LogP contribution is 2.27. The van der Waals surface area contributed by atoms with Gasteiger partial charge in [-0.25, -0.2) is 5.01 Å². The van der Waals surface area contributed by atoms with Crippen molar-refractivity contribution in [3.8, 4) is 0 Å². The molecule has 1 heterocycles. The van der Waals surface area contributed by atoms with Gasteiger partial charge in [-0.3, -0.25) is 9.71 Å². The van der Waals surface area contributed by atoms with Crippen molar-refractivity contribution in [2.45, 2.75) is 32.6 Å². The number of nitrogens with zero attached hydrogens (tertiary/aromatic N) is 3. The summed E-state index contributed by atoms with van der Waals surface area (Å²) in [5.74, 6) is 0.785. The summed E-state index contributed by atoms with van der Waals surface area (Å²) in [6.45, 7) is 10.0. The predicted octanol–water partition coefficient (Wildman–Crippen LogP) is 4.03. The van der Waals surface area contributed by atoms with Crippen LogP contribution in [0.4, 0.5) is 0 Å². The first kappa shape index (κ1) is 16.2. The highest BCUT2D eigenvalue weighted by atomic mass is 35.5. The highest BCUT2D eigenvalue weighted by molar-refractivity contribution is 7.98. The molecule has 4 nitrogen and oxygen atoms in total. The maximum absolute atomic E-state index is 6.00. The van der Waals surface area contributed by atoms with Gasteiger partial charge >= 0.3 is 0 Å². The Bertz CT molecular complexity index is 569. The number of aliphatic imine (C=N–C) groups is 1. The number of rotatable bonds is 3. The standard InChI is InChI=1S/C15H21ClN4S/c1-5-17-14(20-10-15(3,4)11(2)18-20)19-21-13-8-6-7-12(16)9-13/h6-9H,5,10H2,1-4H3,(H,17,19). The summed E-state index contributed by atoms with van der Waals surface area (Å²) in [5, 5.41) is 7.28. The van der Waals surface area contributed by atoms with Crippen molar-refractivity contribution in [1.82, 2.24) is 9.73 Å². The Morgan fingerprint density at radius 2 is 2.29 bits per heavy atom. The third-order valence-corrected chi connectivity index (χ3v) is 4.41. The third-order valence-electron chi connectivity index (χ3n) is 3.40. The number of guanidine groups is 1. The van der Waals surface area contributed by atoms with Crippen molar-refractivity contribution in [2.24, 2.45) is 15.5 Å². The average Bonchev–Trinajstić information content (AvgIpc) is 2.69. The molecule has 0 saturated heterocycles. The third kappa shape index (κ3) is 4.14. The maximum Gasteiger partial charge on any atom is 0.225 e. The first-order valence-corrected chi connectivity index (χ1v) is 8.18. The predicted molar refractivity (Wildman–Crippen MR) is 92.0 cm³/mol. The smallest absolute Gasteiger partial charge is 0.225 e. The molecule has 1 aromatic carbocycles. The van der Waals surface area contributed by atoms with Crippen molar-refractivity contribution < 1.29 is 0 Å². The Kier molecular flexibility index (Phi) is 5.17. The van der Waals surface area contributed by atoms with E-state index in [-0.39, 0.29) is 5.41 Å². The molecule has 0 atom stereocenters. The second-order valence-corrected chi connectivity index (χ2v) is 6.90. The maximum atomic E-state index is 6.00. The molecule has 0 spiro atoms. The second-order valence-electron chi connectivity index (χ2n) is 5.59. The Morgan fingerprint density at radius 3 is 2.86 bits per heavy atom. The lowest BCUT2D eigenvalue weighted by Crippen LogP contribution is -2.36. The molecule has 1 aliphatic rings. The lowest BCUT2D eigenvalue weighted by molar-refractivity contribution is 0.378. The molecule has 0 aromatic heterocycles. The average molecular weight is 325 g/mol. The molecule has 1 aromatic rings. The number of benzene rings is 1. The van der Waals surface area contributed by atoms with Gasteiger partial charge in [-0.05, 0) is 44.0 Å². The first-order chi connectivity index (χ1) is 9.92. The Hall–Kier alpha value is -1.20. The Balaban J connectivity index is 2.06. The van der Waals surface area contributed by atoms with Crippen LogP contribution in [0.2, 0.25) is 5.02 Å². The number of nitrogens with one attached hydrogen (secondary N) is 1. The Morgan fingerprint density at radius 1 is 1.52 bits per heavy atom. The van der Waals surface area contributed by atoms with Gasteiger partial charge in [-0.15, -0.1) is 0 Å². The van der Waals surface area contributed by atoms with E-state index in [1.807, 2.05) is 36.2 Å². The van der Waals surface area contributed by atoms with E-state index in [9.17, 15) is 0 Å². The van der Waals surface area contributed by atoms with Gasteiger partial charge in [0, 0.05) is 27.6 Å². The fourth-order valence-electron chi connectivity index (χ4n) is 1.91. The fraction of sp³-hybridized carbons (Fsp3) is 0.467. The molecule has 6 heteroatoms. The van der Waals surface area contributed by atoms with E-state index in [0.717, 1.165) is 28.1 Å². The zero-order valence-corrected chi connectivity index (χ0v) is 14.4. The summed E-state index contributed by atoms with van der Waals surface area (Å²) in [7, 11) is 0. The molecule has 0 unspecified atom stereocenters. The van der Waals surface area contributed by atoms with Crippen LogP contribution < -0.4 is 4.72 Å². The van der Waals surface area contributed by atoms with Crippen LogP contribution >= 0.6 is 23.5 Å². The minimum atomic E-state index is 0.0803. The highest BCUT2D eigenvalue weighted by Gasteiger charge is 2.33. The molecule has 0 saturated carbocycles. The van der Waals surface area contributed by atoms with Crippen LogP contribution in [0.15, 0.2) is 39.3 Å². The molecular formula is C15H21ClN4S. The van der Waals surface area contributed by atoms with Gasteiger partial charge in [0.2, 0.25) is 5.96 Å². The monoisotopic (exact) mass is 324 g/mol. The van der Waals surface area contributed by atoms with Crippen LogP contribution in [0, 0.1) is 5.41 Å². The zero-order chi connectivity index (χ0) is 15.5. The quantitative estimate of drug-likeness (QED) is 0.518. The largest absolute Gasteiger partial charge is 0.295 e. The second kappa shape index (κ2) is 6.71. The van der Waals surface area contributed by atoms with Crippen molar-refractivity contribution in [1.29, 1.82) is 0 Å². The summed E-state index contributed by atoms with van der Waals surface area (Å²) < 4.78 is 3.29. The number of hydrazone groups is 1. The van der Waals surface area contributed by atoms with Gasteiger partial charge in [0.15, 0.2) is 0 Å². The minimum absolute atomic E-state index is 0.0803. The van der Waals surface area contributed by atoms with Crippen LogP contribution in [-0.4, -0.2) is 29.8 Å². The van der Waals surface area contributed by atoms with Crippen molar-refractivity contribution in [3.05, 3.63) is 29.3 Å². The van der Waals surface area contributed by atoms with Gasteiger partial charge in [0.25, 0.3) is 0 Å². The Labute approximate surface area is 135 Å². The van der Waals surface area contributed by atoms with Gasteiger partial charge in [-0.2, -0.15) is 5.10 Å². The van der Waals surface area contributed by atoms with Gasteiger partial charge in [-0.1, -0.05) is 31.5 Å². The van der Waals surface area contributed by atoms with E-state index in [1.54, 1.807) is 0 Å². The van der Waals surface area contributed by atoms with Crippen molar-refractivity contribution >= 4 is 35.2 Å². The fourth-order valence-corrected chi connectivity index (χ4v) is 2.88. The summed E-state index contributed by atoms with van der Waals surface area (Å²) in [4.78, 5) is 5.56. The number of hydrogen-bond acceptors (Lipinski definition) is 3. The van der Waals surface area contributed by atoms with E-state index in [1.165, 1.54) is 11.9 Å². The summed E-state index contributed by atoms with van der Waals surface area (Å²) in [5.41, 5.74) is 1.21. The normalized spacial score (nSPS) is 17.9. The molecule has 0 bridgehead atoms. The van der Waals surface area contributed by atoms with E-state index in [4.69, 9.17) is 11.6 Å². The molecule has 0 radical (unpaired) electrons. The van der Waals surface area contributed by atoms with Crippen molar-refractivity contribution in [3.63, 3.8) is 0 Å². The van der Waals surface area contributed by atoms with E-state index in [0.29, 0.717) is 6.54 Å². The molecule has 21 heavy (non-hydrogen) atoms. The van der Waals surface area contributed by atoms with E-state index >= 15 is 0 Å². The molecular weight excluding hydrogens is 304 g/mol. The molecule has 0 aliphatic carbocycles. The lowest BCUT2D eigenvalue weighted by atomic mass is 9.89. The van der Waals surface area contributed by atoms with Crippen LogP contribution in [0.25, 0.3) is 0 Å². The van der Waals surface area contributed by atoms with Crippen molar-refractivity contribution in [2.75, 3.05) is 13.1 Å². The van der Waals surface area contributed by atoms with Crippen LogP contribution in [0.3, 0.4) is 0 Å². The molecule has 0 amide bonds. The molecule has 114 valence electrons. The number of halogens is 1. The lowest BCUT2D eigenvalue weighted by Gasteiger charge is -2.21. The summed E-state index contributed by atoms with van der Waals surface area (Å²) in [6.07, 6.45) is 0. The van der Waals surface area contributed by atoms with Gasteiger partial charge in [0.05, 0.1) is 6.54 Å². The SMILES string of the molecule is CCN=C(NSc1cccc(Cl)c1)N1CC(C)(C)C(C)=N1. The summed E-state index contributed by atoms with van der Waals surface area (Å²) >= 11 is 7.50. The molecule has 1 aliphatic heterocycles. The van der Waals surface area contributed by atoms with E-state index < -0.39 is 0 Å². The zero-order valence-electron chi connectivity index (χ0n) is 12.9. The minimum Gasteiger partial charge on any atom is -0.295 e. The van der Waals surface area contributed by atoms with Gasteiger partial charge in [0.1, 0.15) is 0 Å². The van der Waals surface area contributed by atoms with Crippen LogP contribution in [0.1, 0.15) is 27.7 Å². The topological polar surface area (TPSA) is 40.0 Å². The van der Waals surface area contributed by atoms with Crippen LogP contribution in [-0.2, 0) is 0 Å². The molecule has 0 fully saturated rings.